The van der Waals surface area contributed by atoms with Crippen molar-refractivity contribution in [3.8, 4) is 11.1 Å². The van der Waals surface area contributed by atoms with Gasteiger partial charge in [-0.25, -0.2) is 0 Å². The second-order valence-electron chi connectivity index (χ2n) is 5.65. The fourth-order valence-electron chi connectivity index (χ4n) is 2.32. The predicted molar refractivity (Wildman–Crippen MR) is 84.6 cm³/mol. The lowest BCUT2D eigenvalue weighted by molar-refractivity contribution is 0.589. The Bertz CT molecular complexity index is 538. The van der Waals surface area contributed by atoms with E-state index in [4.69, 9.17) is 0 Å². The van der Waals surface area contributed by atoms with E-state index in [9.17, 15) is 0 Å². The van der Waals surface area contributed by atoms with Gasteiger partial charge in [0.1, 0.15) is 0 Å². The summed E-state index contributed by atoms with van der Waals surface area (Å²) in [5.41, 5.74) is 5.04. The van der Waals surface area contributed by atoms with E-state index in [2.05, 4.69) is 61.6 Å². The molecule has 0 saturated heterocycles. The summed E-state index contributed by atoms with van der Waals surface area (Å²) in [5, 5.41) is 8.00. The first-order chi connectivity index (χ1) is 9.60. The van der Waals surface area contributed by atoms with E-state index in [1.165, 1.54) is 22.4 Å². The fourth-order valence-corrected chi connectivity index (χ4v) is 2.32. The number of aromatic nitrogens is 2. The van der Waals surface area contributed by atoms with Crippen LogP contribution in [0.25, 0.3) is 11.1 Å². The highest BCUT2D eigenvalue weighted by Crippen LogP contribution is 2.24. The molecule has 0 aliphatic rings. The molecule has 0 fully saturated rings. The lowest BCUT2D eigenvalue weighted by Crippen LogP contribution is -2.21. The van der Waals surface area contributed by atoms with Crippen molar-refractivity contribution >= 4 is 0 Å². The van der Waals surface area contributed by atoms with Gasteiger partial charge in [-0.2, -0.15) is 5.10 Å². The summed E-state index contributed by atoms with van der Waals surface area (Å²) in [6.45, 7) is 7.45. The summed E-state index contributed by atoms with van der Waals surface area (Å²) >= 11 is 0. The van der Waals surface area contributed by atoms with Crippen molar-refractivity contribution in [3.63, 3.8) is 0 Å². The van der Waals surface area contributed by atoms with E-state index in [0.717, 1.165) is 19.4 Å². The van der Waals surface area contributed by atoms with Gasteiger partial charge in [0, 0.05) is 31.4 Å². The first-order valence-electron chi connectivity index (χ1n) is 7.45. The highest BCUT2D eigenvalue weighted by Gasteiger charge is 2.09. The summed E-state index contributed by atoms with van der Waals surface area (Å²) in [5.74, 6) is 0. The average molecular weight is 271 g/mol. The van der Waals surface area contributed by atoms with Crippen molar-refractivity contribution in [2.75, 3.05) is 0 Å². The molecule has 108 valence electrons. The molecule has 0 bridgehead atoms. The van der Waals surface area contributed by atoms with Crippen LogP contribution < -0.4 is 5.32 Å². The van der Waals surface area contributed by atoms with Gasteiger partial charge in [-0.05, 0) is 17.5 Å². The maximum atomic E-state index is 4.56. The largest absolute Gasteiger partial charge is 0.310 e. The molecule has 0 aliphatic heterocycles. The number of benzene rings is 1. The zero-order valence-corrected chi connectivity index (χ0v) is 13.0. The van der Waals surface area contributed by atoms with Gasteiger partial charge in [0.05, 0.1) is 5.69 Å². The molecule has 3 heteroatoms. The molecular weight excluding hydrogens is 246 g/mol. The third-order valence-corrected chi connectivity index (χ3v) is 3.37. The molecule has 20 heavy (non-hydrogen) atoms. The second kappa shape index (κ2) is 6.71. The Labute approximate surface area is 122 Å². The predicted octanol–water partition coefficient (Wildman–Crippen LogP) is 3.54. The summed E-state index contributed by atoms with van der Waals surface area (Å²) in [6, 6.07) is 9.33. The van der Waals surface area contributed by atoms with E-state index in [0.29, 0.717) is 6.04 Å². The van der Waals surface area contributed by atoms with Crippen LogP contribution in [0.2, 0.25) is 0 Å². The second-order valence-corrected chi connectivity index (χ2v) is 5.65. The molecule has 0 saturated carbocycles. The zero-order chi connectivity index (χ0) is 14.5. The van der Waals surface area contributed by atoms with Crippen LogP contribution >= 0.6 is 0 Å². The van der Waals surface area contributed by atoms with Crippen LogP contribution in [0.3, 0.4) is 0 Å². The maximum Gasteiger partial charge on any atom is 0.0702 e. The van der Waals surface area contributed by atoms with E-state index >= 15 is 0 Å². The number of hydrogen-bond acceptors (Lipinski definition) is 2. The van der Waals surface area contributed by atoms with E-state index in [1.54, 1.807) is 0 Å². The summed E-state index contributed by atoms with van der Waals surface area (Å²) in [6.07, 6.45) is 4.28. The average Bonchev–Trinajstić information content (AvgIpc) is 2.78. The van der Waals surface area contributed by atoms with Crippen molar-refractivity contribution < 1.29 is 0 Å². The minimum Gasteiger partial charge on any atom is -0.310 e. The Morgan fingerprint density at radius 2 is 1.90 bits per heavy atom. The van der Waals surface area contributed by atoms with Gasteiger partial charge in [0.25, 0.3) is 0 Å². The van der Waals surface area contributed by atoms with Crippen LogP contribution in [-0.4, -0.2) is 15.8 Å². The van der Waals surface area contributed by atoms with Crippen molar-refractivity contribution in [3.05, 3.63) is 41.7 Å². The van der Waals surface area contributed by atoms with Gasteiger partial charge >= 0.3 is 0 Å². The van der Waals surface area contributed by atoms with Gasteiger partial charge in [0.15, 0.2) is 0 Å². The normalized spacial score (nSPS) is 11.2. The quantitative estimate of drug-likeness (QED) is 0.871. The highest BCUT2D eigenvalue weighted by molar-refractivity contribution is 5.65. The summed E-state index contributed by atoms with van der Waals surface area (Å²) < 4.78 is 1.91. The number of aryl methyl sites for hydroxylation is 2. The fraction of sp³-hybridized carbons (Fsp3) is 0.471. The molecule has 0 spiro atoms. The SMILES string of the molecule is CCCc1nn(C)cc1-c1ccc(CNC(C)C)cc1. The number of hydrogen-bond donors (Lipinski definition) is 1. The Kier molecular flexibility index (Phi) is 4.96. The first-order valence-corrected chi connectivity index (χ1v) is 7.45. The molecule has 1 heterocycles. The van der Waals surface area contributed by atoms with Gasteiger partial charge in [-0.1, -0.05) is 51.5 Å². The van der Waals surface area contributed by atoms with Crippen LogP contribution in [-0.2, 0) is 20.0 Å². The van der Waals surface area contributed by atoms with Gasteiger partial charge in [-0.15, -0.1) is 0 Å². The van der Waals surface area contributed by atoms with E-state index in [1.807, 2.05) is 11.7 Å². The molecule has 0 unspecified atom stereocenters. The molecular formula is C17H25N3. The lowest BCUT2D eigenvalue weighted by Gasteiger charge is -2.08. The van der Waals surface area contributed by atoms with Crippen molar-refractivity contribution in [2.45, 2.75) is 46.2 Å². The Morgan fingerprint density at radius 3 is 2.50 bits per heavy atom. The molecule has 3 nitrogen and oxygen atoms in total. The minimum atomic E-state index is 0.518. The summed E-state index contributed by atoms with van der Waals surface area (Å²) in [4.78, 5) is 0. The van der Waals surface area contributed by atoms with Crippen LogP contribution in [0.5, 0.6) is 0 Å². The standard InChI is InChI=1S/C17H25N3/c1-5-6-17-16(12-20(4)19-17)15-9-7-14(8-10-15)11-18-13(2)3/h7-10,12-13,18H,5-6,11H2,1-4H3. The molecule has 0 aliphatic carbocycles. The zero-order valence-electron chi connectivity index (χ0n) is 13.0. The van der Waals surface area contributed by atoms with Crippen LogP contribution in [0, 0.1) is 0 Å². The molecule has 0 amide bonds. The smallest absolute Gasteiger partial charge is 0.0702 e. The molecule has 1 N–H and O–H groups in total. The van der Waals surface area contributed by atoms with Crippen molar-refractivity contribution in [2.24, 2.45) is 7.05 Å². The monoisotopic (exact) mass is 271 g/mol. The number of nitrogens with one attached hydrogen (secondary N) is 1. The van der Waals surface area contributed by atoms with E-state index in [-0.39, 0.29) is 0 Å². The lowest BCUT2D eigenvalue weighted by atomic mass is 10.0. The van der Waals surface area contributed by atoms with Gasteiger partial charge in [-0.3, -0.25) is 4.68 Å². The summed E-state index contributed by atoms with van der Waals surface area (Å²) in [7, 11) is 1.99. The third kappa shape index (κ3) is 3.70. The maximum absolute atomic E-state index is 4.56. The Balaban J connectivity index is 2.17. The Hall–Kier alpha value is -1.61. The molecule has 0 radical (unpaired) electrons. The van der Waals surface area contributed by atoms with Gasteiger partial charge in [0.2, 0.25) is 0 Å². The van der Waals surface area contributed by atoms with Crippen LogP contribution in [0.1, 0.15) is 38.4 Å². The van der Waals surface area contributed by atoms with Crippen LogP contribution in [0.4, 0.5) is 0 Å². The van der Waals surface area contributed by atoms with Gasteiger partial charge < -0.3 is 5.32 Å². The molecule has 2 aromatic rings. The van der Waals surface area contributed by atoms with Crippen molar-refractivity contribution in [1.82, 2.24) is 15.1 Å². The number of rotatable bonds is 6. The topological polar surface area (TPSA) is 29.9 Å². The van der Waals surface area contributed by atoms with Crippen LogP contribution in [0.15, 0.2) is 30.5 Å². The highest BCUT2D eigenvalue weighted by atomic mass is 15.2. The molecule has 0 atom stereocenters. The molecule has 1 aromatic carbocycles. The number of nitrogens with zero attached hydrogens (tertiary/aromatic N) is 2. The molecule has 1 aromatic heterocycles. The molecule has 2 rings (SSSR count). The first kappa shape index (κ1) is 14.8. The Morgan fingerprint density at radius 1 is 1.20 bits per heavy atom. The third-order valence-electron chi connectivity index (χ3n) is 3.37. The van der Waals surface area contributed by atoms with E-state index < -0.39 is 0 Å². The minimum absolute atomic E-state index is 0.518. The van der Waals surface area contributed by atoms with Crippen molar-refractivity contribution in [1.29, 1.82) is 0 Å².